The van der Waals surface area contributed by atoms with E-state index in [-0.39, 0.29) is 24.3 Å². The lowest BCUT2D eigenvalue weighted by Crippen LogP contribution is -2.18. The first-order valence-electron chi connectivity index (χ1n) is 6.29. The number of rotatable bonds is 5. The number of hydrogen-bond acceptors (Lipinski definition) is 8. The molecule has 7 nitrogen and oxygen atoms in total. The van der Waals surface area contributed by atoms with Gasteiger partial charge in [-0.1, -0.05) is 11.6 Å². The van der Waals surface area contributed by atoms with Gasteiger partial charge in [0.05, 0.1) is 0 Å². The average molecular weight is 340 g/mol. The van der Waals surface area contributed by atoms with Crippen LogP contribution in [0.2, 0.25) is 5.02 Å². The molecular weight excluding hydrogens is 326 g/mol. The molecule has 2 rings (SSSR count). The van der Waals surface area contributed by atoms with E-state index in [1.165, 1.54) is 11.8 Å². The van der Waals surface area contributed by atoms with Gasteiger partial charge in [0.25, 0.3) is 0 Å². The van der Waals surface area contributed by atoms with Gasteiger partial charge in [-0.15, -0.1) is 11.8 Å². The van der Waals surface area contributed by atoms with Crippen molar-refractivity contribution in [2.24, 2.45) is 0 Å². The van der Waals surface area contributed by atoms with Crippen molar-refractivity contribution in [1.82, 2.24) is 15.0 Å². The molecule has 0 aliphatic heterocycles. The van der Waals surface area contributed by atoms with Crippen LogP contribution in [0.5, 0.6) is 0 Å². The first-order valence-corrected chi connectivity index (χ1v) is 7.54. The lowest BCUT2D eigenvalue weighted by atomic mass is 10.4. The van der Waals surface area contributed by atoms with Crippen LogP contribution in [0.25, 0.3) is 0 Å². The van der Waals surface area contributed by atoms with Crippen molar-refractivity contribution in [3.63, 3.8) is 0 Å². The number of anilines is 2. The Bertz CT molecular complexity index is 648. The van der Waals surface area contributed by atoms with E-state index in [9.17, 15) is 4.79 Å². The number of carbonyl (C=O) groups is 1. The molecule has 1 aromatic carbocycles. The maximum atomic E-state index is 12.0. The normalized spacial score (nSPS) is 11.9. The Morgan fingerprint density at radius 2 is 1.82 bits per heavy atom. The Morgan fingerprint density at radius 1 is 1.23 bits per heavy atom. The zero-order valence-electron chi connectivity index (χ0n) is 11.7. The molecule has 116 valence electrons. The zero-order valence-corrected chi connectivity index (χ0v) is 13.3. The van der Waals surface area contributed by atoms with Gasteiger partial charge in [-0.2, -0.15) is 15.0 Å². The number of nitrogens with zero attached hydrogens (tertiary/aromatic N) is 3. The third-order valence-electron chi connectivity index (χ3n) is 2.52. The highest BCUT2D eigenvalue weighted by molar-refractivity contribution is 8.00. The van der Waals surface area contributed by atoms with Gasteiger partial charge in [0, 0.05) is 9.92 Å². The van der Waals surface area contributed by atoms with E-state index in [4.69, 9.17) is 27.8 Å². The Labute approximate surface area is 136 Å². The molecule has 0 radical (unpaired) electrons. The van der Waals surface area contributed by atoms with Crippen LogP contribution >= 0.6 is 23.4 Å². The summed E-state index contributed by atoms with van der Waals surface area (Å²) in [5.74, 6) is -0.205. The van der Waals surface area contributed by atoms with Crippen molar-refractivity contribution in [1.29, 1.82) is 0 Å². The smallest absolute Gasteiger partial charge is 0.319 e. The average Bonchev–Trinajstić information content (AvgIpc) is 2.46. The van der Waals surface area contributed by atoms with Gasteiger partial charge < -0.3 is 16.2 Å². The van der Waals surface area contributed by atoms with Crippen LogP contribution in [-0.4, -0.2) is 26.2 Å². The number of benzene rings is 1. The summed E-state index contributed by atoms with van der Waals surface area (Å²) in [7, 11) is 0. The molecule has 0 fully saturated rings. The molecule has 0 unspecified atom stereocenters. The summed E-state index contributed by atoms with van der Waals surface area (Å²) in [4.78, 5) is 24.2. The van der Waals surface area contributed by atoms with Gasteiger partial charge in [-0.25, -0.2) is 0 Å². The highest BCUT2D eigenvalue weighted by Crippen LogP contribution is 2.25. The van der Waals surface area contributed by atoms with Crippen molar-refractivity contribution in [2.75, 3.05) is 11.5 Å². The van der Waals surface area contributed by atoms with Crippen LogP contribution in [0.15, 0.2) is 29.2 Å². The summed E-state index contributed by atoms with van der Waals surface area (Å²) in [6.07, 6.45) is 0. The summed E-state index contributed by atoms with van der Waals surface area (Å²) in [5, 5.41) is 0.252. The maximum absolute atomic E-state index is 12.0. The summed E-state index contributed by atoms with van der Waals surface area (Å²) < 4.78 is 5.15. The SMILES string of the molecule is C[C@H](Sc1ccc(Cl)cc1)C(=O)OCc1nc(N)nc(N)n1. The van der Waals surface area contributed by atoms with Crippen LogP contribution < -0.4 is 11.5 Å². The number of hydrogen-bond donors (Lipinski definition) is 2. The number of nitrogen functional groups attached to an aromatic ring is 2. The second-order valence-corrected chi connectivity index (χ2v) is 6.14. The monoisotopic (exact) mass is 339 g/mol. The fourth-order valence-electron chi connectivity index (χ4n) is 1.54. The van der Waals surface area contributed by atoms with E-state index in [0.29, 0.717) is 5.02 Å². The number of nitrogens with two attached hydrogens (primary N) is 2. The topological polar surface area (TPSA) is 117 Å². The zero-order chi connectivity index (χ0) is 16.1. The lowest BCUT2D eigenvalue weighted by molar-refractivity contribution is -0.144. The van der Waals surface area contributed by atoms with E-state index >= 15 is 0 Å². The van der Waals surface area contributed by atoms with Gasteiger partial charge in [0.1, 0.15) is 5.25 Å². The van der Waals surface area contributed by atoms with Crippen LogP contribution in [0.3, 0.4) is 0 Å². The standard InChI is InChI=1S/C13H14ClN5O2S/c1-7(22-9-4-2-8(14)3-5-9)11(20)21-6-10-17-12(15)19-13(16)18-10/h2-5,7H,6H2,1H3,(H4,15,16,17,18,19)/t7-/m0/s1. The van der Waals surface area contributed by atoms with Crippen molar-refractivity contribution < 1.29 is 9.53 Å². The number of esters is 1. The van der Waals surface area contributed by atoms with Gasteiger partial charge in [-0.3, -0.25) is 4.79 Å². The van der Waals surface area contributed by atoms with Crippen LogP contribution in [-0.2, 0) is 16.1 Å². The first-order chi connectivity index (χ1) is 10.4. The minimum absolute atomic E-state index is 0.0119. The molecule has 4 N–H and O–H groups in total. The predicted molar refractivity (Wildman–Crippen MR) is 85.2 cm³/mol. The highest BCUT2D eigenvalue weighted by Gasteiger charge is 2.17. The van der Waals surface area contributed by atoms with Crippen molar-refractivity contribution in [3.8, 4) is 0 Å². The number of halogens is 1. The molecule has 22 heavy (non-hydrogen) atoms. The third kappa shape index (κ3) is 4.74. The second-order valence-electron chi connectivity index (χ2n) is 4.29. The number of carbonyl (C=O) groups excluding carboxylic acids is 1. The largest absolute Gasteiger partial charge is 0.457 e. The fraction of sp³-hybridized carbons (Fsp3) is 0.231. The molecule has 0 saturated heterocycles. The third-order valence-corrected chi connectivity index (χ3v) is 3.86. The van der Waals surface area contributed by atoms with Crippen molar-refractivity contribution in [2.45, 2.75) is 23.7 Å². The van der Waals surface area contributed by atoms with Gasteiger partial charge in [0.15, 0.2) is 12.4 Å². The van der Waals surface area contributed by atoms with Gasteiger partial charge >= 0.3 is 5.97 Å². The molecule has 0 aliphatic carbocycles. The Morgan fingerprint density at radius 3 is 2.41 bits per heavy atom. The summed E-state index contributed by atoms with van der Waals surface area (Å²) in [5.41, 5.74) is 10.9. The lowest BCUT2D eigenvalue weighted by Gasteiger charge is -2.11. The summed E-state index contributed by atoms with van der Waals surface area (Å²) in [6.45, 7) is 1.64. The predicted octanol–water partition coefficient (Wildman–Crippen LogP) is 1.91. The molecule has 1 heterocycles. The molecule has 0 saturated carbocycles. The van der Waals surface area contributed by atoms with E-state index in [2.05, 4.69) is 15.0 Å². The first kappa shape index (κ1) is 16.3. The molecule has 9 heteroatoms. The van der Waals surface area contributed by atoms with Crippen LogP contribution in [0.4, 0.5) is 11.9 Å². The molecular formula is C13H14ClN5O2S. The van der Waals surface area contributed by atoms with Crippen molar-refractivity contribution >= 4 is 41.2 Å². The Balaban J connectivity index is 1.89. The van der Waals surface area contributed by atoms with Crippen molar-refractivity contribution in [3.05, 3.63) is 35.1 Å². The highest BCUT2D eigenvalue weighted by atomic mass is 35.5. The number of ether oxygens (including phenoxy) is 1. The number of thioether (sulfide) groups is 1. The molecule has 0 bridgehead atoms. The molecule has 0 amide bonds. The second kappa shape index (κ2) is 7.28. The molecule has 1 aromatic heterocycles. The van der Waals surface area contributed by atoms with E-state index in [0.717, 1.165) is 4.90 Å². The molecule has 2 aromatic rings. The number of aromatic nitrogens is 3. The van der Waals surface area contributed by atoms with Crippen LogP contribution in [0, 0.1) is 0 Å². The Hall–Kier alpha value is -2.06. The van der Waals surface area contributed by atoms with E-state index < -0.39 is 11.2 Å². The quantitative estimate of drug-likeness (QED) is 0.626. The minimum atomic E-state index is -0.391. The van der Waals surface area contributed by atoms with Gasteiger partial charge in [-0.05, 0) is 31.2 Å². The molecule has 0 aliphatic rings. The molecule has 0 spiro atoms. The maximum Gasteiger partial charge on any atom is 0.319 e. The van der Waals surface area contributed by atoms with Crippen LogP contribution in [0.1, 0.15) is 12.7 Å². The summed E-state index contributed by atoms with van der Waals surface area (Å²) >= 11 is 7.18. The summed E-state index contributed by atoms with van der Waals surface area (Å²) in [6, 6.07) is 7.20. The molecule has 1 atom stereocenters. The fourth-order valence-corrected chi connectivity index (χ4v) is 2.53. The Kier molecular flexibility index (Phi) is 5.40. The van der Waals surface area contributed by atoms with E-state index in [1.807, 2.05) is 12.1 Å². The van der Waals surface area contributed by atoms with Gasteiger partial charge in [0.2, 0.25) is 11.9 Å². The van der Waals surface area contributed by atoms with E-state index in [1.54, 1.807) is 19.1 Å². The minimum Gasteiger partial charge on any atom is -0.457 e.